The van der Waals surface area contributed by atoms with Gasteiger partial charge in [-0.15, -0.1) is 0 Å². The molecule has 2 fully saturated rings. The van der Waals surface area contributed by atoms with Crippen molar-refractivity contribution in [1.82, 2.24) is 15.5 Å². The van der Waals surface area contributed by atoms with Crippen LogP contribution in [0, 0.1) is 5.92 Å². The smallest absolute Gasteiger partial charge is 0.229 e. The second-order valence-corrected chi connectivity index (χ2v) is 5.39. The van der Waals surface area contributed by atoms with Crippen molar-refractivity contribution in [3.63, 3.8) is 0 Å². The third-order valence-corrected chi connectivity index (χ3v) is 4.03. The molecule has 0 radical (unpaired) electrons. The zero-order valence-corrected chi connectivity index (χ0v) is 9.42. The lowest BCUT2D eigenvalue weighted by Gasteiger charge is -2.26. The lowest BCUT2D eigenvalue weighted by molar-refractivity contribution is 0.375. The van der Waals surface area contributed by atoms with E-state index in [0.29, 0.717) is 5.92 Å². The molecule has 1 saturated heterocycles. The Balaban J connectivity index is 1.44. The zero-order valence-electron chi connectivity index (χ0n) is 8.61. The minimum atomic E-state index is 0.576. The average Bonchev–Trinajstić information content (AvgIpc) is 2.91. The molecule has 82 valence electrons. The van der Waals surface area contributed by atoms with E-state index in [2.05, 4.69) is 15.5 Å². The molecule has 0 bridgehead atoms. The molecule has 2 heterocycles. The molecule has 3 rings (SSSR count). The van der Waals surface area contributed by atoms with Crippen molar-refractivity contribution >= 4 is 11.8 Å². The molecule has 0 amide bonds. The van der Waals surface area contributed by atoms with Gasteiger partial charge in [-0.3, -0.25) is 0 Å². The van der Waals surface area contributed by atoms with E-state index in [1.807, 2.05) is 11.8 Å². The highest BCUT2D eigenvalue weighted by Crippen LogP contribution is 2.38. The van der Waals surface area contributed by atoms with Crippen LogP contribution in [0.5, 0.6) is 0 Å². The molecule has 15 heavy (non-hydrogen) atoms. The van der Waals surface area contributed by atoms with Crippen molar-refractivity contribution in [2.75, 3.05) is 18.8 Å². The van der Waals surface area contributed by atoms with E-state index in [-0.39, 0.29) is 0 Å². The molecule has 0 aromatic carbocycles. The van der Waals surface area contributed by atoms with E-state index in [9.17, 15) is 0 Å². The molecule has 1 N–H and O–H groups in total. The van der Waals surface area contributed by atoms with Gasteiger partial charge in [-0.2, -0.15) is 16.7 Å². The molecular formula is C10H15N3OS. The maximum atomic E-state index is 5.20. The van der Waals surface area contributed by atoms with Crippen LogP contribution in [0.15, 0.2) is 4.52 Å². The Hall–Kier alpha value is -0.550. The molecule has 1 aliphatic carbocycles. The summed E-state index contributed by atoms with van der Waals surface area (Å²) in [6.07, 6.45) is 2.45. The van der Waals surface area contributed by atoms with Crippen molar-refractivity contribution in [2.24, 2.45) is 5.92 Å². The van der Waals surface area contributed by atoms with Gasteiger partial charge in [-0.25, -0.2) is 0 Å². The van der Waals surface area contributed by atoms with Crippen molar-refractivity contribution in [3.05, 3.63) is 11.7 Å². The highest BCUT2D eigenvalue weighted by molar-refractivity contribution is 7.98. The fourth-order valence-corrected chi connectivity index (χ4v) is 2.59. The van der Waals surface area contributed by atoms with E-state index in [1.165, 1.54) is 31.7 Å². The number of aromatic nitrogens is 2. The van der Waals surface area contributed by atoms with Crippen LogP contribution >= 0.6 is 11.8 Å². The quantitative estimate of drug-likeness (QED) is 0.821. The average molecular weight is 225 g/mol. The second kappa shape index (κ2) is 4.14. The minimum absolute atomic E-state index is 0.576. The van der Waals surface area contributed by atoms with Crippen LogP contribution in [-0.2, 0) is 5.75 Å². The number of thioether (sulfide) groups is 1. The topological polar surface area (TPSA) is 51.0 Å². The Bertz CT molecular complexity index is 333. The summed E-state index contributed by atoms with van der Waals surface area (Å²) < 4.78 is 5.20. The molecule has 0 unspecified atom stereocenters. The monoisotopic (exact) mass is 225 g/mol. The summed E-state index contributed by atoms with van der Waals surface area (Å²) in [5.41, 5.74) is 0. The van der Waals surface area contributed by atoms with E-state index in [4.69, 9.17) is 4.52 Å². The molecule has 0 atom stereocenters. The van der Waals surface area contributed by atoms with Crippen molar-refractivity contribution < 1.29 is 4.52 Å². The highest BCUT2D eigenvalue weighted by Gasteiger charge is 2.29. The summed E-state index contributed by atoms with van der Waals surface area (Å²) in [7, 11) is 0. The normalized spacial score (nSPS) is 21.6. The Morgan fingerprint density at radius 2 is 2.27 bits per heavy atom. The van der Waals surface area contributed by atoms with Gasteiger partial charge < -0.3 is 9.84 Å². The number of hydrogen-bond donors (Lipinski definition) is 1. The number of rotatable bonds is 5. The van der Waals surface area contributed by atoms with Gasteiger partial charge in [0.25, 0.3) is 0 Å². The van der Waals surface area contributed by atoms with Gasteiger partial charge in [0, 0.05) is 5.92 Å². The van der Waals surface area contributed by atoms with Gasteiger partial charge in [0.15, 0.2) is 5.82 Å². The molecule has 1 saturated carbocycles. The first-order valence-corrected chi connectivity index (χ1v) is 6.68. The lowest BCUT2D eigenvalue weighted by atomic mass is 10.1. The maximum Gasteiger partial charge on any atom is 0.229 e. The van der Waals surface area contributed by atoms with Crippen LogP contribution < -0.4 is 5.32 Å². The van der Waals surface area contributed by atoms with E-state index >= 15 is 0 Å². The number of nitrogens with one attached hydrogen (secondary N) is 1. The fourth-order valence-electron chi connectivity index (χ4n) is 1.61. The van der Waals surface area contributed by atoms with Gasteiger partial charge in [0.05, 0.1) is 5.75 Å². The summed E-state index contributed by atoms with van der Waals surface area (Å²) in [6.45, 7) is 2.35. The summed E-state index contributed by atoms with van der Waals surface area (Å²) in [5, 5.41) is 7.27. The van der Waals surface area contributed by atoms with Crippen LogP contribution in [-0.4, -0.2) is 29.0 Å². The summed E-state index contributed by atoms with van der Waals surface area (Å²) >= 11 is 1.91. The Kier molecular flexibility index (Phi) is 2.66. The maximum absolute atomic E-state index is 5.20. The first kappa shape index (κ1) is 9.66. The van der Waals surface area contributed by atoms with Crippen molar-refractivity contribution in [3.8, 4) is 0 Å². The van der Waals surface area contributed by atoms with Crippen molar-refractivity contribution in [1.29, 1.82) is 0 Å². The largest absolute Gasteiger partial charge is 0.339 e. The van der Waals surface area contributed by atoms with Gasteiger partial charge >= 0.3 is 0 Å². The third-order valence-electron chi connectivity index (χ3n) is 2.86. The predicted molar refractivity (Wildman–Crippen MR) is 58.8 cm³/mol. The summed E-state index contributed by atoms with van der Waals surface area (Å²) in [5.74, 6) is 5.26. The van der Waals surface area contributed by atoms with Crippen LogP contribution in [0.3, 0.4) is 0 Å². The van der Waals surface area contributed by atoms with Gasteiger partial charge in [-0.05, 0) is 37.6 Å². The van der Waals surface area contributed by atoms with Crippen LogP contribution in [0.25, 0.3) is 0 Å². The molecule has 1 aliphatic heterocycles. The SMILES string of the molecule is C(SCC1CNC1)c1noc(C2CC2)n1. The molecule has 1 aromatic heterocycles. The highest BCUT2D eigenvalue weighted by atomic mass is 32.2. The fraction of sp³-hybridized carbons (Fsp3) is 0.800. The van der Waals surface area contributed by atoms with E-state index in [1.54, 1.807) is 0 Å². The Morgan fingerprint density at radius 1 is 1.40 bits per heavy atom. The summed E-state index contributed by atoms with van der Waals surface area (Å²) in [6, 6.07) is 0. The lowest BCUT2D eigenvalue weighted by Crippen LogP contribution is -2.43. The Labute approximate surface area is 93.2 Å². The number of hydrogen-bond acceptors (Lipinski definition) is 5. The first-order valence-electron chi connectivity index (χ1n) is 5.53. The molecule has 1 aromatic rings. The third kappa shape index (κ3) is 2.34. The van der Waals surface area contributed by atoms with Crippen LogP contribution in [0.2, 0.25) is 0 Å². The molecule has 4 nitrogen and oxygen atoms in total. The summed E-state index contributed by atoms with van der Waals surface area (Å²) in [4.78, 5) is 4.40. The first-order chi connectivity index (χ1) is 7.42. The molecule has 5 heteroatoms. The van der Waals surface area contributed by atoms with Crippen molar-refractivity contribution in [2.45, 2.75) is 24.5 Å². The van der Waals surface area contributed by atoms with E-state index < -0.39 is 0 Å². The van der Waals surface area contributed by atoms with Gasteiger partial charge in [-0.1, -0.05) is 5.16 Å². The standard InChI is InChI=1S/C10H15N3OS/c1-2-8(1)10-12-9(13-14-10)6-15-5-7-3-11-4-7/h7-8,11H,1-6H2. The molecule has 0 spiro atoms. The van der Waals surface area contributed by atoms with Crippen LogP contribution in [0.1, 0.15) is 30.5 Å². The molecule has 2 aliphatic rings. The van der Waals surface area contributed by atoms with Gasteiger partial charge in [0.2, 0.25) is 5.89 Å². The number of nitrogens with zero attached hydrogens (tertiary/aromatic N) is 2. The zero-order chi connectivity index (χ0) is 10.1. The second-order valence-electron chi connectivity index (χ2n) is 4.36. The van der Waals surface area contributed by atoms with Crippen LogP contribution in [0.4, 0.5) is 0 Å². The van der Waals surface area contributed by atoms with E-state index in [0.717, 1.165) is 23.4 Å². The molecular weight excluding hydrogens is 210 g/mol. The predicted octanol–water partition coefficient (Wildman–Crippen LogP) is 1.40. The van der Waals surface area contributed by atoms with Gasteiger partial charge in [0.1, 0.15) is 0 Å². The minimum Gasteiger partial charge on any atom is -0.339 e. The Morgan fingerprint density at radius 3 is 2.93 bits per heavy atom.